The van der Waals surface area contributed by atoms with Crippen LogP contribution in [0, 0.1) is 23.7 Å². The maximum absolute atomic E-state index is 11.4. The molecule has 0 heterocycles. The van der Waals surface area contributed by atoms with Crippen LogP contribution in [-0.4, -0.2) is 23.2 Å². The quantitative estimate of drug-likeness (QED) is 0.776. The molecule has 0 aromatic heterocycles. The van der Waals surface area contributed by atoms with Crippen molar-refractivity contribution in [2.75, 3.05) is 0 Å². The Labute approximate surface area is 116 Å². The Kier molecular flexibility index (Phi) is 3.84. The lowest BCUT2D eigenvalue weighted by Crippen LogP contribution is -2.47. The average Bonchev–Trinajstić information content (AvgIpc) is 3.05. The zero-order chi connectivity index (χ0) is 13.4. The highest BCUT2D eigenvalue weighted by molar-refractivity contribution is 5.73. The van der Waals surface area contributed by atoms with Crippen LogP contribution in [0.4, 0.5) is 0 Å². The molecular formula is C16H27NO2. The predicted molar refractivity (Wildman–Crippen MR) is 74.9 cm³/mol. The van der Waals surface area contributed by atoms with Crippen molar-refractivity contribution < 1.29 is 9.90 Å². The van der Waals surface area contributed by atoms with Crippen LogP contribution in [0.3, 0.4) is 0 Å². The summed E-state index contributed by atoms with van der Waals surface area (Å²) in [6.45, 7) is 2.12. The van der Waals surface area contributed by atoms with Crippen LogP contribution in [0.25, 0.3) is 0 Å². The van der Waals surface area contributed by atoms with E-state index in [1.807, 2.05) is 0 Å². The first kappa shape index (κ1) is 13.4. The topological polar surface area (TPSA) is 49.3 Å². The molecule has 0 spiro atoms. The number of fused-ring (bicyclic) bond motifs is 5. The Morgan fingerprint density at radius 3 is 2.79 bits per heavy atom. The number of carboxylic acid groups (broad SMARTS) is 1. The van der Waals surface area contributed by atoms with Gasteiger partial charge in [0, 0.05) is 6.04 Å². The molecule has 0 aliphatic heterocycles. The molecule has 0 aromatic rings. The number of unbranched alkanes of at least 4 members (excludes halogenated alkanes) is 1. The van der Waals surface area contributed by atoms with Crippen LogP contribution in [0.5, 0.6) is 0 Å². The van der Waals surface area contributed by atoms with Crippen LogP contribution in [0.15, 0.2) is 0 Å². The molecule has 3 heteroatoms. The number of hydrogen-bond donors (Lipinski definition) is 2. The highest BCUT2D eigenvalue weighted by atomic mass is 16.4. The van der Waals surface area contributed by atoms with Crippen molar-refractivity contribution in [3.05, 3.63) is 0 Å². The van der Waals surface area contributed by atoms with Gasteiger partial charge in [-0.05, 0) is 55.8 Å². The van der Waals surface area contributed by atoms with Gasteiger partial charge in [-0.25, -0.2) is 0 Å². The van der Waals surface area contributed by atoms with Gasteiger partial charge in [-0.1, -0.05) is 26.2 Å². The van der Waals surface area contributed by atoms with E-state index >= 15 is 0 Å². The fourth-order valence-electron chi connectivity index (χ4n) is 5.20. The Balaban J connectivity index is 1.59. The van der Waals surface area contributed by atoms with Crippen molar-refractivity contribution in [3.8, 4) is 0 Å². The third-order valence-electron chi connectivity index (χ3n) is 5.99. The van der Waals surface area contributed by atoms with E-state index in [0.717, 1.165) is 42.9 Å². The van der Waals surface area contributed by atoms with Crippen molar-refractivity contribution in [1.29, 1.82) is 0 Å². The molecule has 3 fully saturated rings. The van der Waals surface area contributed by atoms with E-state index in [4.69, 9.17) is 0 Å². The van der Waals surface area contributed by atoms with Crippen LogP contribution < -0.4 is 5.32 Å². The molecule has 0 amide bonds. The Morgan fingerprint density at radius 2 is 2.05 bits per heavy atom. The molecule has 2 bridgehead atoms. The lowest BCUT2D eigenvalue weighted by atomic mass is 9.79. The second-order valence-electron chi connectivity index (χ2n) is 6.96. The lowest BCUT2D eigenvalue weighted by Gasteiger charge is -2.33. The van der Waals surface area contributed by atoms with Gasteiger partial charge in [-0.2, -0.15) is 0 Å². The Bertz CT molecular complexity index is 344. The molecule has 0 radical (unpaired) electrons. The van der Waals surface area contributed by atoms with Crippen molar-refractivity contribution >= 4 is 5.97 Å². The Hall–Kier alpha value is -0.570. The monoisotopic (exact) mass is 265 g/mol. The van der Waals surface area contributed by atoms with Crippen molar-refractivity contribution in [1.82, 2.24) is 5.32 Å². The van der Waals surface area contributed by atoms with E-state index < -0.39 is 5.97 Å². The maximum Gasteiger partial charge on any atom is 0.320 e. The molecule has 3 aliphatic rings. The summed E-state index contributed by atoms with van der Waals surface area (Å²) in [6, 6.07) is 0.173. The summed E-state index contributed by atoms with van der Waals surface area (Å²) in [4.78, 5) is 11.4. The zero-order valence-corrected chi connectivity index (χ0v) is 12.0. The number of aliphatic carboxylic acids is 1. The van der Waals surface area contributed by atoms with Gasteiger partial charge in [0.15, 0.2) is 0 Å². The molecule has 6 atom stereocenters. The highest BCUT2D eigenvalue weighted by Gasteiger charge is 2.54. The summed E-state index contributed by atoms with van der Waals surface area (Å²) in [5, 5.41) is 12.9. The van der Waals surface area contributed by atoms with Gasteiger partial charge in [0.05, 0.1) is 0 Å². The Morgan fingerprint density at radius 1 is 1.26 bits per heavy atom. The van der Waals surface area contributed by atoms with Gasteiger partial charge in [-0.15, -0.1) is 0 Å². The van der Waals surface area contributed by atoms with Crippen molar-refractivity contribution in [2.24, 2.45) is 23.7 Å². The van der Waals surface area contributed by atoms with Gasteiger partial charge in [0.1, 0.15) is 6.04 Å². The van der Waals surface area contributed by atoms with Gasteiger partial charge in [0.2, 0.25) is 0 Å². The molecule has 3 saturated carbocycles. The number of nitrogens with one attached hydrogen (secondary N) is 1. The SMILES string of the molecule is CCCCC(NC1CC2CC1C1CCCC21)C(=O)O. The van der Waals surface area contributed by atoms with Crippen LogP contribution >= 0.6 is 0 Å². The molecule has 0 aromatic carbocycles. The molecule has 108 valence electrons. The van der Waals surface area contributed by atoms with Gasteiger partial charge in [-0.3, -0.25) is 4.79 Å². The standard InChI is InChI=1S/C16H27NO2/c1-2-3-7-14(16(18)19)17-15-9-10-8-13(15)12-6-4-5-11(10)12/h10-15,17H,2-9H2,1H3,(H,18,19). The van der Waals surface area contributed by atoms with E-state index in [0.29, 0.717) is 6.04 Å². The number of carbonyl (C=O) groups is 1. The minimum Gasteiger partial charge on any atom is -0.480 e. The predicted octanol–water partition coefficient (Wildman–Crippen LogP) is 3.04. The number of hydrogen-bond acceptors (Lipinski definition) is 2. The zero-order valence-electron chi connectivity index (χ0n) is 12.0. The summed E-state index contributed by atoms with van der Waals surface area (Å²) in [5.74, 6) is 2.93. The van der Waals surface area contributed by atoms with Crippen LogP contribution in [0.1, 0.15) is 58.3 Å². The van der Waals surface area contributed by atoms with E-state index in [9.17, 15) is 9.90 Å². The molecule has 19 heavy (non-hydrogen) atoms. The summed E-state index contributed by atoms with van der Waals surface area (Å²) in [5.41, 5.74) is 0. The van der Waals surface area contributed by atoms with Crippen LogP contribution in [-0.2, 0) is 4.79 Å². The summed E-state index contributed by atoms with van der Waals surface area (Å²) in [6.07, 6.45) is 9.73. The van der Waals surface area contributed by atoms with Gasteiger partial charge in [0.25, 0.3) is 0 Å². The van der Waals surface area contributed by atoms with Crippen molar-refractivity contribution in [2.45, 2.75) is 70.4 Å². The van der Waals surface area contributed by atoms with E-state index in [2.05, 4.69) is 12.2 Å². The van der Waals surface area contributed by atoms with E-state index in [-0.39, 0.29) is 6.04 Å². The first-order valence-corrected chi connectivity index (χ1v) is 8.19. The second kappa shape index (κ2) is 5.43. The minimum atomic E-state index is -0.654. The first-order valence-electron chi connectivity index (χ1n) is 8.19. The first-order chi connectivity index (χ1) is 9.20. The number of carboxylic acids is 1. The van der Waals surface area contributed by atoms with Crippen LogP contribution in [0.2, 0.25) is 0 Å². The largest absolute Gasteiger partial charge is 0.480 e. The molecule has 3 aliphatic carbocycles. The third-order valence-corrected chi connectivity index (χ3v) is 5.99. The lowest BCUT2D eigenvalue weighted by molar-refractivity contribution is -0.140. The highest BCUT2D eigenvalue weighted by Crippen LogP contribution is 2.58. The van der Waals surface area contributed by atoms with E-state index in [1.54, 1.807) is 0 Å². The summed E-state index contributed by atoms with van der Waals surface area (Å²) >= 11 is 0. The summed E-state index contributed by atoms with van der Waals surface area (Å²) < 4.78 is 0. The average molecular weight is 265 g/mol. The van der Waals surface area contributed by atoms with Gasteiger partial charge >= 0.3 is 5.97 Å². The normalized spacial score (nSPS) is 41.4. The molecular weight excluding hydrogens is 238 g/mol. The molecule has 2 N–H and O–H groups in total. The smallest absolute Gasteiger partial charge is 0.320 e. The number of rotatable bonds is 6. The molecule has 0 saturated heterocycles. The summed E-state index contributed by atoms with van der Waals surface area (Å²) in [7, 11) is 0. The second-order valence-corrected chi connectivity index (χ2v) is 6.96. The maximum atomic E-state index is 11.4. The third kappa shape index (κ3) is 2.42. The molecule has 6 unspecified atom stereocenters. The van der Waals surface area contributed by atoms with E-state index in [1.165, 1.54) is 32.1 Å². The van der Waals surface area contributed by atoms with Crippen molar-refractivity contribution in [3.63, 3.8) is 0 Å². The van der Waals surface area contributed by atoms with Gasteiger partial charge < -0.3 is 10.4 Å². The minimum absolute atomic E-state index is 0.316. The fraction of sp³-hybridized carbons (Fsp3) is 0.938. The fourth-order valence-corrected chi connectivity index (χ4v) is 5.20. The molecule has 3 rings (SSSR count). The molecule has 3 nitrogen and oxygen atoms in total.